The van der Waals surface area contributed by atoms with E-state index in [-0.39, 0.29) is 5.91 Å². The van der Waals surface area contributed by atoms with Crippen LogP contribution in [0.3, 0.4) is 0 Å². The Kier molecular flexibility index (Phi) is 2.95. The zero-order valence-electron chi connectivity index (χ0n) is 11.3. The highest BCUT2D eigenvalue weighted by Crippen LogP contribution is 2.37. The van der Waals surface area contributed by atoms with Crippen molar-refractivity contribution in [2.24, 2.45) is 5.84 Å². The Morgan fingerprint density at radius 3 is 2.45 bits per heavy atom. The number of amides is 1. The van der Waals surface area contributed by atoms with Crippen LogP contribution in [0.5, 0.6) is 0 Å². The standard InChI is InChI=1S/C16H17N3O/c1-2-16(12-8-4-3-5-9-12)18-14-11-7-6-10-13(14)15(20)19(16)17/h3-11,18H,2,17H2,1H3. The van der Waals surface area contributed by atoms with Crippen LogP contribution < -0.4 is 11.2 Å². The number of hydrogen-bond donors (Lipinski definition) is 2. The maximum atomic E-state index is 12.5. The van der Waals surface area contributed by atoms with Crippen molar-refractivity contribution in [1.29, 1.82) is 0 Å². The number of benzene rings is 2. The molecule has 2 aromatic carbocycles. The summed E-state index contributed by atoms with van der Waals surface area (Å²) in [6.07, 6.45) is 0.674. The van der Waals surface area contributed by atoms with Gasteiger partial charge in [-0.05, 0) is 24.1 Å². The van der Waals surface area contributed by atoms with Crippen LogP contribution in [0.4, 0.5) is 5.69 Å². The molecule has 0 bridgehead atoms. The van der Waals surface area contributed by atoms with Gasteiger partial charge < -0.3 is 5.32 Å². The lowest BCUT2D eigenvalue weighted by Gasteiger charge is -2.45. The molecule has 0 saturated carbocycles. The number of hydrogen-bond acceptors (Lipinski definition) is 3. The van der Waals surface area contributed by atoms with Crippen molar-refractivity contribution in [1.82, 2.24) is 5.01 Å². The highest BCUT2D eigenvalue weighted by molar-refractivity contribution is 6.01. The van der Waals surface area contributed by atoms with Gasteiger partial charge in [-0.1, -0.05) is 49.4 Å². The molecule has 0 saturated heterocycles. The fourth-order valence-electron chi connectivity index (χ4n) is 2.75. The van der Waals surface area contributed by atoms with Crippen molar-refractivity contribution in [2.75, 3.05) is 5.32 Å². The van der Waals surface area contributed by atoms with Crippen molar-refractivity contribution in [3.05, 3.63) is 65.7 Å². The minimum Gasteiger partial charge on any atom is -0.357 e. The van der Waals surface area contributed by atoms with Gasteiger partial charge in [0, 0.05) is 5.69 Å². The van der Waals surface area contributed by atoms with Crippen molar-refractivity contribution in [2.45, 2.75) is 19.0 Å². The van der Waals surface area contributed by atoms with Gasteiger partial charge in [-0.2, -0.15) is 0 Å². The van der Waals surface area contributed by atoms with Crippen LogP contribution in [-0.2, 0) is 5.66 Å². The third-order valence-corrected chi connectivity index (χ3v) is 3.89. The average molecular weight is 267 g/mol. The van der Waals surface area contributed by atoms with Crippen molar-refractivity contribution in [3.63, 3.8) is 0 Å². The normalized spacial score (nSPS) is 21.3. The molecule has 1 atom stereocenters. The molecule has 3 rings (SSSR count). The number of fused-ring (bicyclic) bond motifs is 1. The molecule has 1 aliphatic heterocycles. The zero-order chi connectivity index (χ0) is 14.2. The van der Waals surface area contributed by atoms with Crippen LogP contribution in [0.2, 0.25) is 0 Å². The Morgan fingerprint density at radius 2 is 1.75 bits per heavy atom. The molecule has 4 nitrogen and oxygen atoms in total. The average Bonchev–Trinajstić information content (AvgIpc) is 2.52. The Hall–Kier alpha value is -2.33. The van der Waals surface area contributed by atoms with Crippen LogP contribution in [0, 0.1) is 0 Å². The summed E-state index contributed by atoms with van der Waals surface area (Å²) in [5.74, 6) is 5.97. The number of carbonyl (C=O) groups excluding carboxylic acids is 1. The molecule has 20 heavy (non-hydrogen) atoms. The maximum absolute atomic E-state index is 12.5. The first kappa shape index (κ1) is 12.7. The van der Waals surface area contributed by atoms with E-state index in [9.17, 15) is 4.79 Å². The van der Waals surface area contributed by atoms with Gasteiger partial charge in [0.25, 0.3) is 5.91 Å². The molecule has 0 radical (unpaired) electrons. The third kappa shape index (κ3) is 1.69. The lowest BCUT2D eigenvalue weighted by Crippen LogP contribution is -2.60. The number of nitrogens with one attached hydrogen (secondary N) is 1. The van der Waals surface area contributed by atoms with Crippen LogP contribution in [0.1, 0.15) is 29.3 Å². The molecule has 0 spiro atoms. The predicted molar refractivity (Wildman–Crippen MR) is 78.8 cm³/mol. The number of hydrazine groups is 1. The molecule has 1 unspecified atom stereocenters. The van der Waals surface area contributed by atoms with E-state index in [2.05, 4.69) is 5.32 Å². The number of rotatable bonds is 2. The SMILES string of the molecule is CCC1(c2ccccc2)Nc2ccccc2C(=O)N1N. The predicted octanol–water partition coefficient (Wildman–Crippen LogP) is 2.69. The van der Waals surface area contributed by atoms with Crippen molar-refractivity contribution >= 4 is 11.6 Å². The van der Waals surface area contributed by atoms with E-state index in [1.807, 2.05) is 55.5 Å². The zero-order valence-corrected chi connectivity index (χ0v) is 11.3. The first-order valence-corrected chi connectivity index (χ1v) is 6.71. The van der Waals surface area contributed by atoms with Crippen LogP contribution in [0.15, 0.2) is 54.6 Å². The second kappa shape index (κ2) is 4.65. The minimum absolute atomic E-state index is 0.162. The van der Waals surface area contributed by atoms with Gasteiger partial charge in [-0.25, -0.2) is 10.9 Å². The number of para-hydroxylation sites is 1. The molecular formula is C16H17N3O. The van der Waals surface area contributed by atoms with Gasteiger partial charge in [-0.3, -0.25) is 4.79 Å². The molecule has 4 heteroatoms. The molecule has 1 aliphatic rings. The van der Waals surface area contributed by atoms with Gasteiger partial charge in [0.1, 0.15) is 0 Å². The van der Waals surface area contributed by atoms with E-state index in [0.29, 0.717) is 12.0 Å². The Bertz CT molecular complexity index is 641. The molecule has 3 N–H and O–H groups in total. The molecule has 0 aromatic heterocycles. The largest absolute Gasteiger partial charge is 0.357 e. The van der Waals surface area contributed by atoms with Gasteiger partial charge >= 0.3 is 0 Å². The monoisotopic (exact) mass is 267 g/mol. The highest BCUT2D eigenvalue weighted by Gasteiger charge is 2.43. The number of anilines is 1. The summed E-state index contributed by atoms with van der Waals surface area (Å²) in [5, 5.41) is 4.75. The van der Waals surface area contributed by atoms with Crippen LogP contribution in [0.25, 0.3) is 0 Å². The number of carbonyl (C=O) groups is 1. The van der Waals surface area contributed by atoms with E-state index >= 15 is 0 Å². The van der Waals surface area contributed by atoms with Crippen molar-refractivity contribution in [3.8, 4) is 0 Å². The Labute approximate surface area is 118 Å². The molecule has 0 fully saturated rings. The van der Waals surface area contributed by atoms with Crippen LogP contribution in [-0.4, -0.2) is 10.9 Å². The maximum Gasteiger partial charge on any atom is 0.272 e. The summed E-state index contributed by atoms with van der Waals surface area (Å²) in [6, 6.07) is 17.3. The summed E-state index contributed by atoms with van der Waals surface area (Å²) in [4.78, 5) is 12.5. The number of nitrogens with two attached hydrogens (primary N) is 1. The van der Waals surface area contributed by atoms with Crippen LogP contribution >= 0.6 is 0 Å². The molecule has 1 amide bonds. The second-order valence-electron chi connectivity index (χ2n) is 4.93. The van der Waals surface area contributed by atoms with Crippen molar-refractivity contribution < 1.29 is 4.79 Å². The van der Waals surface area contributed by atoms with E-state index in [1.165, 1.54) is 5.01 Å². The lowest BCUT2D eigenvalue weighted by molar-refractivity contribution is 0.0482. The van der Waals surface area contributed by atoms with E-state index in [0.717, 1.165) is 11.3 Å². The highest BCUT2D eigenvalue weighted by atomic mass is 16.2. The van der Waals surface area contributed by atoms with Gasteiger partial charge in [-0.15, -0.1) is 0 Å². The second-order valence-corrected chi connectivity index (χ2v) is 4.93. The molecule has 102 valence electrons. The fourth-order valence-corrected chi connectivity index (χ4v) is 2.75. The Balaban J connectivity index is 2.17. The lowest BCUT2D eigenvalue weighted by atomic mass is 9.91. The molecule has 2 aromatic rings. The summed E-state index contributed by atoms with van der Waals surface area (Å²) in [5.41, 5.74) is 1.71. The smallest absolute Gasteiger partial charge is 0.272 e. The topological polar surface area (TPSA) is 58.4 Å². The van der Waals surface area contributed by atoms with Gasteiger partial charge in [0.2, 0.25) is 0 Å². The van der Waals surface area contributed by atoms with E-state index < -0.39 is 5.66 Å². The number of nitrogens with zero attached hydrogens (tertiary/aromatic N) is 1. The summed E-state index contributed by atoms with van der Waals surface area (Å²) in [6.45, 7) is 2.01. The molecular weight excluding hydrogens is 250 g/mol. The minimum atomic E-state index is -0.702. The molecule has 1 heterocycles. The first-order valence-electron chi connectivity index (χ1n) is 6.71. The van der Waals surface area contributed by atoms with Gasteiger partial charge in [0.15, 0.2) is 5.66 Å². The van der Waals surface area contributed by atoms with E-state index in [4.69, 9.17) is 5.84 Å². The third-order valence-electron chi connectivity index (χ3n) is 3.89. The van der Waals surface area contributed by atoms with Gasteiger partial charge in [0.05, 0.1) is 5.56 Å². The molecule has 0 aliphatic carbocycles. The quantitative estimate of drug-likeness (QED) is 0.649. The summed E-state index contributed by atoms with van der Waals surface area (Å²) in [7, 11) is 0. The summed E-state index contributed by atoms with van der Waals surface area (Å²) < 4.78 is 0. The van der Waals surface area contributed by atoms with E-state index in [1.54, 1.807) is 6.07 Å². The fraction of sp³-hybridized carbons (Fsp3) is 0.188. The Morgan fingerprint density at radius 1 is 1.10 bits per heavy atom. The first-order chi connectivity index (χ1) is 9.69. The summed E-state index contributed by atoms with van der Waals surface area (Å²) >= 11 is 0.